The molecule has 5 heteroatoms. The maximum atomic E-state index is 12.0. The molecule has 0 N–H and O–H groups in total. The van der Waals surface area contributed by atoms with Crippen molar-refractivity contribution >= 4 is 21.6 Å². The molecule has 0 aliphatic heterocycles. The Labute approximate surface area is 111 Å². The van der Waals surface area contributed by atoms with Crippen molar-refractivity contribution in [3.05, 3.63) is 54.6 Å². The first-order chi connectivity index (χ1) is 8.54. The van der Waals surface area contributed by atoms with Gasteiger partial charge in [0.2, 0.25) is 0 Å². The molecule has 0 aromatic heterocycles. The standard InChI is InChI=1S/C13H9F3S2/c14-13(15,16)18-17-12-8-6-11(7-9-12)10-4-2-1-3-5-10/h1-9H. The maximum absolute atomic E-state index is 12.0. The molecule has 0 aliphatic carbocycles. The molecular formula is C13H9F3S2. The van der Waals surface area contributed by atoms with Crippen LogP contribution in [0.4, 0.5) is 13.2 Å². The second-order valence-electron chi connectivity index (χ2n) is 3.50. The summed E-state index contributed by atoms with van der Waals surface area (Å²) in [4.78, 5) is 0.594. The molecule has 2 aromatic rings. The molecule has 0 atom stereocenters. The molecule has 0 saturated heterocycles. The van der Waals surface area contributed by atoms with Crippen molar-refractivity contribution in [1.82, 2.24) is 0 Å². The first-order valence-electron chi connectivity index (χ1n) is 5.12. The molecule has 0 unspecified atom stereocenters. The molecule has 0 nitrogen and oxygen atoms in total. The number of hydrogen-bond donors (Lipinski definition) is 0. The van der Waals surface area contributed by atoms with Crippen LogP contribution in [0.5, 0.6) is 0 Å². The van der Waals surface area contributed by atoms with E-state index in [1.165, 1.54) is 0 Å². The Bertz CT molecular complexity index is 492. The van der Waals surface area contributed by atoms with Crippen LogP contribution in [-0.4, -0.2) is 5.51 Å². The SMILES string of the molecule is FC(F)(F)SSc1ccc(-c2ccccc2)cc1. The molecule has 2 rings (SSSR count). The van der Waals surface area contributed by atoms with E-state index in [9.17, 15) is 13.2 Å². The minimum absolute atomic E-state index is 0.0950. The largest absolute Gasteiger partial charge is 0.452 e. The highest BCUT2D eigenvalue weighted by atomic mass is 33.1. The van der Waals surface area contributed by atoms with Crippen LogP contribution in [-0.2, 0) is 0 Å². The minimum atomic E-state index is -4.21. The topological polar surface area (TPSA) is 0 Å². The summed E-state index contributed by atoms with van der Waals surface area (Å²) in [6.07, 6.45) is 0. The van der Waals surface area contributed by atoms with Gasteiger partial charge in [-0.3, -0.25) is 0 Å². The Morgan fingerprint density at radius 2 is 1.28 bits per heavy atom. The molecular weight excluding hydrogens is 277 g/mol. The second-order valence-corrected chi connectivity index (χ2v) is 5.77. The van der Waals surface area contributed by atoms with Crippen molar-refractivity contribution in [2.75, 3.05) is 0 Å². The molecule has 0 saturated carbocycles. The van der Waals surface area contributed by atoms with Crippen LogP contribution in [0.25, 0.3) is 11.1 Å². The van der Waals surface area contributed by atoms with Gasteiger partial charge in [0.05, 0.1) is 0 Å². The highest BCUT2D eigenvalue weighted by Crippen LogP contribution is 2.43. The molecule has 0 radical (unpaired) electrons. The van der Waals surface area contributed by atoms with E-state index in [1.54, 1.807) is 12.1 Å². The van der Waals surface area contributed by atoms with Gasteiger partial charge in [-0.2, -0.15) is 13.2 Å². The highest BCUT2D eigenvalue weighted by molar-refractivity contribution is 8.77. The van der Waals surface area contributed by atoms with Gasteiger partial charge in [-0.05, 0) is 34.1 Å². The first-order valence-corrected chi connectivity index (χ1v) is 7.27. The van der Waals surface area contributed by atoms with Gasteiger partial charge in [0.1, 0.15) is 0 Å². The smallest absolute Gasteiger partial charge is 0.160 e. The van der Waals surface area contributed by atoms with Gasteiger partial charge in [-0.1, -0.05) is 42.5 Å². The van der Waals surface area contributed by atoms with Gasteiger partial charge in [0.15, 0.2) is 0 Å². The molecule has 2 aromatic carbocycles. The lowest BCUT2D eigenvalue weighted by molar-refractivity contribution is -0.0311. The highest BCUT2D eigenvalue weighted by Gasteiger charge is 2.29. The number of alkyl halides is 3. The summed E-state index contributed by atoms with van der Waals surface area (Å²) in [5, 5.41) is 0. The Morgan fingerprint density at radius 3 is 1.83 bits per heavy atom. The summed E-state index contributed by atoms with van der Waals surface area (Å²) in [7, 11) is 0.628. The van der Waals surface area contributed by atoms with Crippen LogP contribution < -0.4 is 0 Å². The van der Waals surface area contributed by atoms with E-state index in [2.05, 4.69) is 0 Å². The van der Waals surface area contributed by atoms with Gasteiger partial charge in [-0.15, -0.1) is 0 Å². The van der Waals surface area contributed by atoms with Crippen molar-refractivity contribution in [2.45, 2.75) is 10.4 Å². The molecule has 18 heavy (non-hydrogen) atoms. The van der Waals surface area contributed by atoms with Gasteiger partial charge in [0, 0.05) is 15.7 Å². The third-order valence-corrected chi connectivity index (χ3v) is 4.33. The third kappa shape index (κ3) is 3.99. The van der Waals surface area contributed by atoms with Crippen LogP contribution in [0.1, 0.15) is 0 Å². The predicted molar refractivity (Wildman–Crippen MR) is 71.4 cm³/mol. The van der Waals surface area contributed by atoms with Gasteiger partial charge < -0.3 is 0 Å². The van der Waals surface area contributed by atoms with E-state index >= 15 is 0 Å². The quantitative estimate of drug-likeness (QED) is 0.672. The van der Waals surface area contributed by atoms with Crippen molar-refractivity contribution < 1.29 is 13.2 Å². The molecule has 0 spiro atoms. The van der Waals surface area contributed by atoms with E-state index in [0.717, 1.165) is 21.9 Å². The number of halogens is 3. The Balaban J connectivity index is 2.07. The summed E-state index contributed by atoms with van der Waals surface area (Å²) in [6, 6.07) is 16.8. The minimum Gasteiger partial charge on any atom is -0.160 e. The van der Waals surface area contributed by atoms with E-state index in [-0.39, 0.29) is 10.8 Å². The Hall–Kier alpha value is -1.07. The van der Waals surface area contributed by atoms with Crippen molar-refractivity contribution in [2.24, 2.45) is 0 Å². The molecule has 0 bridgehead atoms. The third-order valence-electron chi connectivity index (χ3n) is 2.19. The molecule has 0 fully saturated rings. The van der Waals surface area contributed by atoms with E-state index in [4.69, 9.17) is 0 Å². The fourth-order valence-electron chi connectivity index (χ4n) is 1.43. The fourth-order valence-corrected chi connectivity index (χ4v) is 2.77. The second kappa shape index (κ2) is 5.71. The summed E-state index contributed by atoms with van der Waals surface area (Å²) in [5.74, 6) is 0. The summed E-state index contributed by atoms with van der Waals surface area (Å²) < 4.78 is 36.1. The molecule has 94 valence electrons. The number of hydrogen-bond acceptors (Lipinski definition) is 2. The lowest BCUT2D eigenvalue weighted by Gasteiger charge is -2.05. The lowest BCUT2D eigenvalue weighted by atomic mass is 10.1. The van der Waals surface area contributed by atoms with Crippen LogP contribution in [0.3, 0.4) is 0 Å². The van der Waals surface area contributed by atoms with Gasteiger partial charge in [0.25, 0.3) is 0 Å². The maximum Gasteiger partial charge on any atom is 0.452 e. The Morgan fingerprint density at radius 1 is 0.722 bits per heavy atom. The average molecular weight is 286 g/mol. The number of rotatable bonds is 3. The zero-order chi connectivity index (χ0) is 13.0. The normalized spacial score (nSPS) is 11.5. The summed E-state index contributed by atoms with van der Waals surface area (Å²) in [5.41, 5.74) is -2.16. The monoisotopic (exact) mass is 286 g/mol. The Kier molecular flexibility index (Phi) is 4.24. The van der Waals surface area contributed by atoms with Crippen molar-refractivity contribution in [3.63, 3.8) is 0 Å². The van der Waals surface area contributed by atoms with Crippen molar-refractivity contribution in [3.8, 4) is 11.1 Å². The van der Waals surface area contributed by atoms with Gasteiger partial charge in [-0.25, -0.2) is 0 Å². The molecule has 0 amide bonds. The fraction of sp³-hybridized carbons (Fsp3) is 0.0769. The van der Waals surface area contributed by atoms with Crippen molar-refractivity contribution in [1.29, 1.82) is 0 Å². The predicted octanol–water partition coefficient (Wildman–Crippen LogP) is 5.61. The summed E-state index contributed by atoms with van der Waals surface area (Å²) >= 11 is 0. The van der Waals surface area contributed by atoms with E-state index in [1.807, 2.05) is 42.5 Å². The van der Waals surface area contributed by atoms with Crippen LogP contribution in [0.15, 0.2) is 59.5 Å². The van der Waals surface area contributed by atoms with Crippen LogP contribution in [0, 0.1) is 0 Å². The zero-order valence-electron chi connectivity index (χ0n) is 9.15. The average Bonchev–Trinajstić information content (AvgIpc) is 2.37. The zero-order valence-corrected chi connectivity index (χ0v) is 10.8. The van der Waals surface area contributed by atoms with E-state index < -0.39 is 5.51 Å². The summed E-state index contributed by atoms with van der Waals surface area (Å²) in [6.45, 7) is 0. The molecule has 0 heterocycles. The van der Waals surface area contributed by atoms with E-state index in [0.29, 0.717) is 4.90 Å². The van der Waals surface area contributed by atoms with Gasteiger partial charge >= 0.3 is 5.51 Å². The van der Waals surface area contributed by atoms with Crippen LogP contribution >= 0.6 is 21.6 Å². The molecule has 0 aliphatic rings. The first kappa shape index (κ1) is 13.4. The number of benzene rings is 2. The van der Waals surface area contributed by atoms with Crippen LogP contribution in [0.2, 0.25) is 0 Å². The lowest BCUT2D eigenvalue weighted by Crippen LogP contribution is -1.95.